The van der Waals surface area contributed by atoms with Crippen molar-refractivity contribution in [1.82, 2.24) is 9.36 Å². The van der Waals surface area contributed by atoms with Crippen molar-refractivity contribution in [3.8, 4) is 0 Å². The summed E-state index contributed by atoms with van der Waals surface area (Å²) in [4.78, 5) is 28.4. The number of unbranched alkanes of at least 4 members (excludes halogenated alkanes) is 1. The number of rotatable bonds is 10. The molecule has 1 amide bonds. The van der Waals surface area contributed by atoms with Crippen molar-refractivity contribution >= 4 is 60.7 Å². The van der Waals surface area contributed by atoms with Crippen molar-refractivity contribution < 1.29 is 27.1 Å². The third-order valence-electron chi connectivity index (χ3n) is 5.64. The number of carbonyl (C=O) groups is 2. The van der Waals surface area contributed by atoms with Gasteiger partial charge in [-0.05, 0) is 79.7 Å². The number of benzene rings is 2. The van der Waals surface area contributed by atoms with E-state index in [2.05, 4.69) is 25.3 Å². The highest BCUT2D eigenvalue weighted by atomic mass is 79.9. The lowest BCUT2D eigenvalue weighted by molar-refractivity contribution is -0.107. The maximum atomic E-state index is 15.6. The summed E-state index contributed by atoms with van der Waals surface area (Å²) in [5, 5.41) is 0.0806. The molecular formula is C26H30BrFN4O5S2. The van der Waals surface area contributed by atoms with Crippen molar-refractivity contribution in [2.75, 3.05) is 15.7 Å². The van der Waals surface area contributed by atoms with Crippen LogP contribution in [-0.4, -0.2) is 42.3 Å². The van der Waals surface area contributed by atoms with Gasteiger partial charge < -0.3 is 9.53 Å². The first-order valence-electron chi connectivity index (χ1n) is 12.0. The molecule has 0 radical (unpaired) electrons. The second-order valence-electron chi connectivity index (χ2n) is 9.83. The van der Waals surface area contributed by atoms with Gasteiger partial charge in [0.2, 0.25) is 5.13 Å². The molecular weight excluding hydrogens is 611 g/mol. The zero-order valence-corrected chi connectivity index (χ0v) is 25.5. The van der Waals surface area contributed by atoms with Crippen molar-refractivity contribution in [3.63, 3.8) is 0 Å². The van der Waals surface area contributed by atoms with Crippen LogP contribution in [-0.2, 0) is 26.1 Å². The third kappa shape index (κ3) is 7.61. The Morgan fingerprint density at radius 1 is 1.18 bits per heavy atom. The molecule has 1 heterocycles. The number of aldehydes is 1. The lowest BCUT2D eigenvalue weighted by Crippen LogP contribution is -2.38. The highest BCUT2D eigenvalue weighted by Gasteiger charge is 2.33. The highest BCUT2D eigenvalue weighted by molar-refractivity contribution is 9.10. The van der Waals surface area contributed by atoms with E-state index in [1.165, 1.54) is 11.2 Å². The quantitative estimate of drug-likeness (QED) is 0.192. The van der Waals surface area contributed by atoms with Crippen LogP contribution in [0.15, 0.2) is 46.0 Å². The fourth-order valence-electron chi connectivity index (χ4n) is 3.60. The van der Waals surface area contributed by atoms with Gasteiger partial charge in [-0.25, -0.2) is 26.9 Å². The van der Waals surface area contributed by atoms with Gasteiger partial charge in [-0.3, -0.25) is 4.90 Å². The normalized spacial score (nSPS) is 11.8. The van der Waals surface area contributed by atoms with E-state index in [-0.39, 0.29) is 34.8 Å². The van der Waals surface area contributed by atoms with Gasteiger partial charge in [0.1, 0.15) is 28.9 Å². The summed E-state index contributed by atoms with van der Waals surface area (Å²) in [5.74, 6) is -1.06. The molecule has 0 fully saturated rings. The van der Waals surface area contributed by atoms with E-state index in [0.717, 1.165) is 45.4 Å². The van der Waals surface area contributed by atoms with Crippen LogP contribution in [0, 0.1) is 19.7 Å². The standard InChI is InChI=1S/C26H30BrFN4O5S2/c1-17-8-9-19(12-18(17)2)15-32(24-29-16-30-38-24)39(35,36)23-13-20(27)22(14-21(23)28)31(10-6-7-11-33)25(34)37-26(3,4)5/h8-9,11-14,16H,6-7,10,15H2,1-5H3. The molecule has 3 aromatic rings. The fourth-order valence-corrected chi connectivity index (χ4v) is 6.52. The van der Waals surface area contributed by atoms with Gasteiger partial charge in [0.25, 0.3) is 10.0 Å². The molecule has 0 aliphatic rings. The minimum atomic E-state index is -4.46. The number of anilines is 2. The number of hydrogen-bond acceptors (Lipinski definition) is 8. The van der Waals surface area contributed by atoms with E-state index >= 15 is 4.39 Å². The fraction of sp³-hybridized carbons (Fsp3) is 0.385. The van der Waals surface area contributed by atoms with E-state index in [1.54, 1.807) is 26.8 Å². The number of aryl methyl sites for hydroxylation is 2. The number of aromatic nitrogens is 2. The van der Waals surface area contributed by atoms with E-state index in [0.29, 0.717) is 12.0 Å². The van der Waals surface area contributed by atoms with Crippen LogP contribution in [0.25, 0.3) is 0 Å². The predicted molar refractivity (Wildman–Crippen MR) is 152 cm³/mol. The molecule has 2 aromatic carbocycles. The number of sulfonamides is 1. The molecule has 1 aromatic heterocycles. The number of halogens is 2. The van der Waals surface area contributed by atoms with Crippen LogP contribution >= 0.6 is 27.5 Å². The van der Waals surface area contributed by atoms with Crippen LogP contribution in [0.1, 0.15) is 50.3 Å². The van der Waals surface area contributed by atoms with Crippen LogP contribution in [0.5, 0.6) is 0 Å². The van der Waals surface area contributed by atoms with Crippen LogP contribution in [0.3, 0.4) is 0 Å². The average molecular weight is 642 g/mol. The molecule has 0 N–H and O–H groups in total. The first kappa shape index (κ1) is 30.6. The molecule has 0 atom stereocenters. The molecule has 0 spiro atoms. The lowest BCUT2D eigenvalue weighted by Gasteiger charge is -2.28. The van der Waals surface area contributed by atoms with Gasteiger partial charge >= 0.3 is 6.09 Å². The summed E-state index contributed by atoms with van der Waals surface area (Å²) in [6, 6.07) is 7.64. The largest absolute Gasteiger partial charge is 0.443 e. The SMILES string of the molecule is Cc1ccc(CN(c2ncns2)S(=O)(=O)c2cc(Br)c(N(CCCC=O)C(=O)OC(C)(C)C)cc2F)cc1C. The molecule has 0 saturated heterocycles. The van der Waals surface area contributed by atoms with Gasteiger partial charge in [0.05, 0.1) is 12.2 Å². The molecule has 0 saturated carbocycles. The Morgan fingerprint density at radius 3 is 2.49 bits per heavy atom. The van der Waals surface area contributed by atoms with Gasteiger partial charge in [-0.1, -0.05) is 18.2 Å². The summed E-state index contributed by atoms with van der Waals surface area (Å²) in [7, 11) is -4.46. The smallest absolute Gasteiger partial charge is 0.414 e. The number of carbonyl (C=O) groups excluding carboxylic acids is 2. The molecule has 39 heavy (non-hydrogen) atoms. The average Bonchev–Trinajstić information content (AvgIpc) is 3.37. The summed E-state index contributed by atoms with van der Waals surface area (Å²) in [6.07, 6.45) is 1.68. The van der Waals surface area contributed by atoms with Gasteiger partial charge in [-0.15, -0.1) is 0 Å². The Morgan fingerprint density at radius 2 is 1.90 bits per heavy atom. The molecule has 210 valence electrons. The summed E-state index contributed by atoms with van der Waals surface area (Å²) in [5.41, 5.74) is 1.97. The van der Waals surface area contributed by atoms with E-state index in [1.807, 2.05) is 26.0 Å². The topological polar surface area (TPSA) is 110 Å². The summed E-state index contributed by atoms with van der Waals surface area (Å²) in [6.45, 7) is 8.91. The Labute approximate surface area is 240 Å². The van der Waals surface area contributed by atoms with Crippen molar-refractivity contribution in [1.29, 1.82) is 0 Å². The van der Waals surface area contributed by atoms with E-state index < -0.39 is 32.4 Å². The lowest BCUT2D eigenvalue weighted by atomic mass is 10.1. The number of nitrogens with zero attached hydrogens (tertiary/aromatic N) is 4. The first-order chi connectivity index (χ1) is 18.2. The molecule has 3 rings (SSSR count). The minimum Gasteiger partial charge on any atom is -0.443 e. The molecule has 9 nitrogen and oxygen atoms in total. The molecule has 0 unspecified atom stereocenters. The molecule has 13 heteroatoms. The van der Waals surface area contributed by atoms with Gasteiger partial charge in [0.15, 0.2) is 0 Å². The van der Waals surface area contributed by atoms with E-state index in [9.17, 15) is 18.0 Å². The monoisotopic (exact) mass is 640 g/mol. The van der Waals surface area contributed by atoms with Crippen LogP contribution in [0.2, 0.25) is 0 Å². The Kier molecular flexibility index (Phi) is 9.83. The van der Waals surface area contributed by atoms with Crippen molar-refractivity contribution in [3.05, 3.63) is 63.6 Å². The van der Waals surface area contributed by atoms with Crippen LogP contribution < -0.4 is 9.21 Å². The zero-order valence-electron chi connectivity index (χ0n) is 22.3. The number of amides is 1. The number of ether oxygens (including phenoxy) is 1. The predicted octanol–water partition coefficient (Wildman–Crippen LogP) is 6.17. The van der Waals surface area contributed by atoms with Crippen LogP contribution in [0.4, 0.5) is 20.0 Å². The molecule has 0 bridgehead atoms. The third-order valence-corrected chi connectivity index (χ3v) is 8.83. The Bertz CT molecular complexity index is 1440. The highest BCUT2D eigenvalue weighted by Crippen LogP contribution is 2.35. The second kappa shape index (κ2) is 12.5. The Balaban J connectivity index is 2.05. The van der Waals surface area contributed by atoms with Crippen molar-refractivity contribution in [2.45, 2.75) is 64.5 Å². The zero-order chi connectivity index (χ0) is 29.0. The molecule has 0 aliphatic carbocycles. The maximum Gasteiger partial charge on any atom is 0.414 e. The first-order valence-corrected chi connectivity index (χ1v) is 15.0. The van der Waals surface area contributed by atoms with Gasteiger partial charge in [0, 0.05) is 35.0 Å². The number of hydrogen-bond donors (Lipinski definition) is 0. The minimum absolute atomic E-state index is 0.0570. The second-order valence-corrected chi connectivity index (χ2v) is 13.3. The summed E-state index contributed by atoms with van der Waals surface area (Å²) < 4.78 is 53.9. The summed E-state index contributed by atoms with van der Waals surface area (Å²) >= 11 is 4.19. The van der Waals surface area contributed by atoms with Gasteiger partial charge in [-0.2, -0.15) is 4.37 Å². The van der Waals surface area contributed by atoms with E-state index in [4.69, 9.17) is 4.74 Å². The maximum absolute atomic E-state index is 15.6. The molecule has 0 aliphatic heterocycles. The Hall–Kier alpha value is -2.90. The van der Waals surface area contributed by atoms with Crippen molar-refractivity contribution in [2.24, 2.45) is 0 Å².